The molecule has 1 N–H and O–H groups in total. The van der Waals surface area contributed by atoms with E-state index in [1.807, 2.05) is 24.3 Å². The fourth-order valence-electron chi connectivity index (χ4n) is 3.64. The van der Waals surface area contributed by atoms with E-state index >= 15 is 0 Å². The number of carbonyl (C=O) groups excluding carboxylic acids is 1. The highest BCUT2D eigenvalue weighted by molar-refractivity contribution is 8.26. The first-order chi connectivity index (χ1) is 17.0. The standard InChI is InChI=1S/C25H24N4O4S2/c1-4-11-26-22-17(23(30)28-12-6-5-7-21(28)27-22)15-20-24(31)29(25(34)35-20)13-10-16-8-9-18(32-2)19(14-16)33-3/h4-9,12,14-15,26H,1,10-11,13H2,2-3H3. The molecule has 0 aliphatic carbocycles. The van der Waals surface area contributed by atoms with Gasteiger partial charge >= 0.3 is 0 Å². The molecular formula is C25H24N4O4S2. The van der Waals surface area contributed by atoms with E-state index in [1.54, 1.807) is 49.6 Å². The highest BCUT2D eigenvalue weighted by atomic mass is 32.2. The quantitative estimate of drug-likeness (QED) is 0.266. The molecular weight excluding hydrogens is 484 g/mol. The lowest BCUT2D eigenvalue weighted by molar-refractivity contribution is -0.122. The number of ether oxygens (including phenoxy) is 2. The number of thiocarbonyl (C=S) groups is 1. The van der Waals surface area contributed by atoms with Crippen molar-refractivity contribution in [1.29, 1.82) is 0 Å². The predicted molar refractivity (Wildman–Crippen MR) is 143 cm³/mol. The van der Waals surface area contributed by atoms with Crippen molar-refractivity contribution >= 4 is 51.7 Å². The Morgan fingerprint density at radius 2 is 1.97 bits per heavy atom. The lowest BCUT2D eigenvalue weighted by Crippen LogP contribution is -2.30. The number of carbonyl (C=O) groups is 1. The molecule has 0 saturated carbocycles. The minimum absolute atomic E-state index is 0.243. The van der Waals surface area contributed by atoms with Crippen LogP contribution in [0.1, 0.15) is 11.1 Å². The smallest absolute Gasteiger partial charge is 0.267 e. The van der Waals surface area contributed by atoms with Crippen molar-refractivity contribution in [1.82, 2.24) is 14.3 Å². The Hall–Kier alpha value is -3.63. The maximum absolute atomic E-state index is 13.2. The first kappa shape index (κ1) is 24.5. The predicted octanol–water partition coefficient (Wildman–Crippen LogP) is 3.75. The van der Waals surface area contributed by atoms with Crippen molar-refractivity contribution in [3.63, 3.8) is 0 Å². The molecule has 3 heterocycles. The van der Waals surface area contributed by atoms with Gasteiger partial charge in [0.05, 0.1) is 24.7 Å². The first-order valence-corrected chi connectivity index (χ1v) is 12.0. The molecule has 8 nitrogen and oxygen atoms in total. The highest BCUT2D eigenvalue weighted by Crippen LogP contribution is 2.34. The monoisotopic (exact) mass is 508 g/mol. The average molecular weight is 509 g/mol. The Labute approximate surface area is 212 Å². The van der Waals surface area contributed by atoms with E-state index < -0.39 is 0 Å². The second-order valence-corrected chi connectivity index (χ2v) is 9.23. The van der Waals surface area contributed by atoms with Crippen molar-refractivity contribution in [2.75, 3.05) is 32.6 Å². The fourth-order valence-corrected chi connectivity index (χ4v) is 4.93. The van der Waals surface area contributed by atoms with Gasteiger partial charge < -0.3 is 14.8 Å². The van der Waals surface area contributed by atoms with E-state index in [-0.39, 0.29) is 17.0 Å². The number of methoxy groups -OCH3 is 2. The molecule has 1 fully saturated rings. The maximum atomic E-state index is 13.2. The van der Waals surface area contributed by atoms with Crippen molar-refractivity contribution in [3.8, 4) is 11.5 Å². The molecule has 1 aliphatic heterocycles. The third-order valence-electron chi connectivity index (χ3n) is 5.40. The van der Waals surface area contributed by atoms with E-state index in [4.69, 9.17) is 21.7 Å². The molecule has 1 aromatic carbocycles. The van der Waals surface area contributed by atoms with Gasteiger partial charge in [0.25, 0.3) is 11.5 Å². The zero-order valence-corrected chi connectivity index (χ0v) is 20.9. The van der Waals surface area contributed by atoms with Crippen molar-refractivity contribution in [2.24, 2.45) is 0 Å². The maximum Gasteiger partial charge on any atom is 0.267 e. The number of rotatable bonds is 9. The van der Waals surface area contributed by atoms with Crippen molar-refractivity contribution in [3.05, 3.63) is 81.6 Å². The third-order valence-corrected chi connectivity index (χ3v) is 6.78. The summed E-state index contributed by atoms with van der Waals surface area (Å²) in [5, 5.41) is 3.10. The minimum Gasteiger partial charge on any atom is -0.493 e. The number of amides is 1. The van der Waals surface area contributed by atoms with Gasteiger partial charge in [0.2, 0.25) is 0 Å². The zero-order valence-electron chi connectivity index (χ0n) is 19.3. The number of benzene rings is 1. The summed E-state index contributed by atoms with van der Waals surface area (Å²) in [5.74, 6) is 1.41. The number of nitrogens with zero attached hydrogens (tertiary/aromatic N) is 3. The summed E-state index contributed by atoms with van der Waals surface area (Å²) in [6.07, 6.45) is 5.46. The molecule has 35 heavy (non-hydrogen) atoms. The van der Waals surface area contributed by atoms with Gasteiger partial charge in [0.1, 0.15) is 15.8 Å². The van der Waals surface area contributed by atoms with Crippen LogP contribution >= 0.6 is 24.0 Å². The number of anilines is 1. The van der Waals surface area contributed by atoms with Crippen LogP contribution in [0.5, 0.6) is 11.5 Å². The van der Waals surface area contributed by atoms with Gasteiger partial charge in [-0.2, -0.15) is 0 Å². The van der Waals surface area contributed by atoms with Crippen LogP contribution in [0.15, 0.2) is 64.9 Å². The molecule has 1 saturated heterocycles. The Morgan fingerprint density at radius 3 is 2.71 bits per heavy atom. The van der Waals surface area contributed by atoms with E-state index in [0.717, 1.165) is 5.56 Å². The highest BCUT2D eigenvalue weighted by Gasteiger charge is 2.32. The Balaban J connectivity index is 1.61. The lowest BCUT2D eigenvalue weighted by Gasteiger charge is -2.15. The van der Waals surface area contributed by atoms with Crippen LogP contribution in [0.4, 0.5) is 5.82 Å². The summed E-state index contributed by atoms with van der Waals surface area (Å²) < 4.78 is 12.5. The number of fused-ring (bicyclic) bond motifs is 1. The number of pyridine rings is 1. The second kappa shape index (κ2) is 10.7. The lowest BCUT2D eigenvalue weighted by atomic mass is 10.1. The largest absolute Gasteiger partial charge is 0.493 e. The van der Waals surface area contributed by atoms with Gasteiger partial charge in [-0.05, 0) is 42.3 Å². The fraction of sp³-hybridized carbons (Fsp3) is 0.200. The number of hydrogen-bond acceptors (Lipinski definition) is 8. The van der Waals surface area contributed by atoms with E-state index in [0.29, 0.717) is 51.7 Å². The Kier molecular flexibility index (Phi) is 7.52. The second-order valence-electron chi connectivity index (χ2n) is 7.55. The molecule has 1 amide bonds. The molecule has 2 aromatic heterocycles. The average Bonchev–Trinajstić information content (AvgIpc) is 3.14. The van der Waals surface area contributed by atoms with Gasteiger partial charge in [-0.3, -0.25) is 18.9 Å². The molecule has 4 rings (SSSR count). The van der Waals surface area contributed by atoms with Crippen LogP contribution in [-0.2, 0) is 11.2 Å². The van der Waals surface area contributed by atoms with Gasteiger partial charge in [0.15, 0.2) is 11.5 Å². The molecule has 3 aromatic rings. The van der Waals surface area contributed by atoms with Gasteiger partial charge in [-0.1, -0.05) is 42.2 Å². The van der Waals surface area contributed by atoms with Gasteiger partial charge in [0, 0.05) is 19.3 Å². The van der Waals surface area contributed by atoms with Gasteiger partial charge in [-0.15, -0.1) is 6.58 Å². The van der Waals surface area contributed by atoms with Crippen LogP contribution in [0.3, 0.4) is 0 Å². The normalized spacial score (nSPS) is 14.6. The Morgan fingerprint density at radius 1 is 1.17 bits per heavy atom. The molecule has 0 bridgehead atoms. The van der Waals surface area contributed by atoms with Crippen molar-refractivity contribution in [2.45, 2.75) is 6.42 Å². The SMILES string of the molecule is C=CCNc1nc2ccccn2c(=O)c1C=C1SC(=S)N(CCc2ccc(OC)c(OC)c2)C1=O. The topological polar surface area (TPSA) is 85.2 Å². The number of hydrogen-bond donors (Lipinski definition) is 1. The zero-order chi connectivity index (χ0) is 24.9. The molecule has 0 spiro atoms. The third kappa shape index (κ3) is 5.08. The molecule has 1 aliphatic rings. The number of nitrogens with one attached hydrogen (secondary N) is 1. The van der Waals surface area contributed by atoms with E-state index in [9.17, 15) is 9.59 Å². The van der Waals surface area contributed by atoms with E-state index in [1.165, 1.54) is 16.2 Å². The van der Waals surface area contributed by atoms with Crippen LogP contribution in [0, 0.1) is 0 Å². The summed E-state index contributed by atoms with van der Waals surface area (Å²) in [5.41, 5.74) is 1.49. The summed E-state index contributed by atoms with van der Waals surface area (Å²) in [7, 11) is 3.16. The minimum atomic E-state index is -0.280. The number of aromatic nitrogens is 2. The molecule has 180 valence electrons. The summed E-state index contributed by atoms with van der Waals surface area (Å²) in [6.45, 7) is 4.52. The van der Waals surface area contributed by atoms with Crippen LogP contribution in [-0.4, -0.2) is 51.8 Å². The van der Waals surface area contributed by atoms with Crippen LogP contribution in [0.25, 0.3) is 11.7 Å². The molecule has 0 radical (unpaired) electrons. The van der Waals surface area contributed by atoms with Crippen LogP contribution < -0.4 is 20.3 Å². The summed E-state index contributed by atoms with van der Waals surface area (Å²) >= 11 is 6.65. The molecule has 0 unspecified atom stereocenters. The summed E-state index contributed by atoms with van der Waals surface area (Å²) in [6, 6.07) is 10.9. The summed E-state index contributed by atoms with van der Waals surface area (Å²) in [4.78, 5) is 32.9. The first-order valence-electron chi connectivity index (χ1n) is 10.8. The number of thioether (sulfide) groups is 1. The molecule has 0 atom stereocenters. The Bertz CT molecular complexity index is 1400. The van der Waals surface area contributed by atoms with Crippen molar-refractivity contribution < 1.29 is 14.3 Å². The molecule has 10 heteroatoms. The van der Waals surface area contributed by atoms with E-state index in [2.05, 4.69) is 16.9 Å². The van der Waals surface area contributed by atoms with Crippen LogP contribution in [0.2, 0.25) is 0 Å². The van der Waals surface area contributed by atoms with Gasteiger partial charge in [-0.25, -0.2) is 4.98 Å².